The first kappa shape index (κ1) is 15.2. The van der Waals surface area contributed by atoms with Gasteiger partial charge in [-0.3, -0.25) is 4.79 Å². The molecule has 0 saturated heterocycles. The van der Waals surface area contributed by atoms with Crippen LogP contribution < -0.4 is 5.01 Å². The van der Waals surface area contributed by atoms with Crippen LogP contribution in [0.1, 0.15) is 27.7 Å². The van der Waals surface area contributed by atoms with Crippen LogP contribution in [0.25, 0.3) is 6.08 Å². The van der Waals surface area contributed by atoms with Crippen LogP contribution in [0, 0.1) is 6.92 Å². The van der Waals surface area contributed by atoms with Gasteiger partial charge in [-0.2, -0.15) is 10.1 Å². The number of thiophene rings is 1. The molecule has 2 heterocycles. The molecule has 0 fully saturated rings. The summed E-state index contributed by atoms with van der Waals surface area (Å²) in [4.78, 5) is 24.7. The first-order chi connectivity index (χ1) is 11.0. The van der Waals surface area contributed by atoms with Crippen LogP contribution in [0.5, 0.6) is 0 Å². The van der Waals surface area contributed by atoms with E-state index in [1.54, 1.807) is 30.4 Å². The maximum atomic E-state index is 12.6. The van der Waals surface area contributed by atoms with Gasteiger partial charge in [-0.25, -0.2) is 4.79 Å². The second kappa shape index (κ2) is 5.81. The molecule has 116 valence electrons. The van der Waals surface area contributed by atoms with E-state index in [2.05, 4.69) is 5.10 Å². The Morgan fingerprint density at radius 1 is 1.30 bits per heavy atom. The molecule has 5 nitrogen and oxygen atoms in total. The number of aromatic carboxylic acids is 1. The van der Waals surface area contributed by atoms with Crippen LogP contribution in [0.15, 0.2) is 46.4 Å². The van der Waals surface area contributed by atoms with Crippen LogP contribution >= 0.6 is 11.3 Å². The molecule has 6 heteroatoms. The largest absolute Gasteiger partial charge is 0.478 e. The molecule has 1 aliphatic rings. The number of amides is 1. The molecule has 1 aromatic heterocycles. The third kappa shape index (κ3) is 2.80. The molecule has 0 spiro atoms. The SMILES string of the molecule is CC1=NN(c2cccc(C(=O)O)c2)C(=O)/C1=C\c1sccc1C. The Morgan fingerprint density at radius 2 is 2.09 bits per heavy atom. The van der Waals surface area contributed by atoms with Gasteiger partial charge in [-0.05, 0) is 55.1 Å². The standard InChI is InChI=1S/C17H14N2O3S/c1-10-6-7-23-15(10)9-14-11(2)18-19(16(14)20)13-5-3-4-12(8-13)17(21)22/h3-9H,1-2H3,(H,21,22)/b14-9-. The lowest BCUT2D eigenvalue weighted by atomic mass is 10.1. The van der Waals surface area contributed by atoms with Crippen molar-refractivity contribution in [2.24, 2.45) is 5.10 Å². The number of hydrogen-bond acceptors (Lipinski definition) is 4. The zero-order valence-corrected chi connectivity index (χ0v) is 13.4. The Labute approximate surface area is 137 Å². The molecule has 2 aromatic rings. The van der Waals surface area contributed by atoms with Gasteiger partial charge < -0.3 is 5.11 Å². The molecule has 23 heavy (non-hydrogen) atoms. The fraction of sp³-hybridized carbons (Fsp3) is 0.118. The van der Waals surface area contributed by atoms with Gasteiger partial charge in [-0.15, -0.1) is 11.3 Å². The van der Waals surface area contributed by atoms with Crippen LogP contribution in [-0.4, -0.2) is 22.7 Å². The van der Waals surface area contributed by atoms with Gasteiger partial charge in [0.1, 0.15) is 0 Å². The molecule has 0 radical (unpaired) electrons. The summed E-state index contributed by atoms with van der Waals surface area (Å²) in [6, 6.07) is 8.19. The monoisotopic (exact) mass is 326 g/mol. The average Bonchev–Trinajstić information content (AvgIpc) is 3.06. The predicted molar refractivity (Wildman–Crippen MR) is 91.0 cm³/mol. The summed E-state index contributed by atoms with van der Waals surface area (Å²) in [6.45, 7) is 3.76. The summed E-state index contributed by atoms with van der Waals surface area (Å²) in [5.74, 6) is -1.29. The second-order valence-electron chi connectivity index (χ2n) is 5.18. The molecule has 0 saturated carbocycles. The van der Waals surface area contributed by atoms with Gasteiger partial charge in [-0.1, -0.05) is 6.07 Å². The second-order valence-corrected chi connectivity index (χ2v) is 6.13. The molecule has 1 amide bonds. The first-order valence-corrected chi connectivity index (χ1v) is 7.84. The van der Waals surface area contributed by atoms with Gasteiger partial charge >= 0.3 is 5.97 Å². The Bertz CT molecular complexity index is 864. The van der Waals surface area contributed by atoms with Crippen molar-refractivity contribution in [2.75, 3.05) is 5.01 Å². The van der Waals surface area contributed by atoms with Crippen LogP contribution in [-0.2, 0) is 4.79 Å². The molecule has 0 atom stereocenters. The number of aryl methyl sites for hydroxylation is 1. The topological polar surface area (TPSA) is 70.0 Å². The highest BCUT2D eigenvalue weighted by Crippen LogP contribution is 2.27. The number of carbonyl (C=O) groups is 2. The fourth-order valence-corrected chi connectivity index (χ4v) is 3.15. The summed E-state index contributed by atoms with van der Waals surface area (Å²) in [7, 11) is 0. The van der Waals surface area contributed by atoms with Gasteiger partial charge in [0.05, 0.1) is 22.5 Å². The number of carbonyl (C=O) groups excluding carboxylic acids is 1. The summed E-state index contributed by atoms with van der Waals surface area (Å²) in [5.41, 5.74) is 2.81. The van der Waals surface area contributed by atoms with Crippen molar-refractivity contribution >= 4 is 40.7 Å². The molecule has 1 aromatic carbocycles. The van der Waals surface area contributed by atoms with Crippen molar-refractivity contribution in [3.05, 3.63) is 57.3 Å². The van der Waals surface area contributed by atoms with E-state index in [0.29, 0.717) is 17.0 Å². The Hall–Kier alpha value is -2.73. The van der Waals surface area contributed by atoms with Gasteiger partial charge in [0, 0.05) is 4.88 Å². The number of carboxylic acids is 1. The maximum Gasteiger partial charge on any atom is 0.335 e. The number of benzene rings is 1. The number of rotatable bonds is 3. The lowest BCUT2D eigenvalue weighted by Crippen LogP contribution is -2.21. The fourth-order valence-electron chi connectivity index (χ4n) is 2.29. The van der Waals surface area contributed by atoms with E-state index >= 15 is 0 Å². The van der Waals surface area contributed by atoms with Gasteiger partial charge in [0.25, 0.3) is 5.91 Å². The summed E-state index contributed by atoms with van der Waals surface area (Å²) < 4.78 is 0. The Morgan fingerprint density at radius 3 is 2.74 bits per heavy atom. The normalized spacial score (nSPS) is 16.1. The molecule has 0 aliphatic carbocycles. The smallest absolute Gasteiger partial charge is 0.335 e. The van der Waals surface area contributed by atoms with E-state index < -0.39 is 5.97 Å². The van der Waals surface area contributed by atoms with Crippen molar-refractivity contribution in [2.45, 2.75) is 13.8 Å². The number of hydrazone groups is 1. The molecule has 0 bridgehead atoms. The third-order valence-electron chi connectivity index (χ3n) is 3.58. The summed E-state index contributed by atoms with van der Waals surface area (Å²) >= 11 is 1.56. The Balaban J connectivity index is 1.97. The third-order valence-corrected chi connectivity index (χ3v) is 4.54. The Kier molecular flexibility index (Phi) is 3.83. The summed E-state index contributed by atoms with van der Waals surface area (Å²) in [5, 5.41) is 16.6. The van der Waals surface area contributed by atoms with E-state index in [4.69, 9.17) is 5.11 Å². The van der Waals surface area contributed by atoms with E-state index in [9.17, 15) is 9.59 Å². The number of anilines is 1. The zero-order chi connectivity index (χ0) is 16.6. The van der Waals surface area contributed by atoms with Crippen molar-refractivity contribution in [3.8, 4) is 0 Å². The highest BCUT2D eigenvalue weighted by Gasteiger charge is 2.29. The van der Waals surface area contributed by atoms with Crippen LogP contribution in [0.4, 0.5) is 5.69 Å². The first-order valence-electron chi connectivity index (χ1n) is 6.96. The molecule has 1 N–H and O–H groups in total. The lowest BCUT2D eigenvalue weighted by molar-refractivity contribution is -0.114. The minimum Gasteiger partial charge on any atom is -0.478 e. The van der Waals surface area contributed by atoms with Crippen molar-refractivity contribution in [1.82, 2.24) is 0 Å². The average molecular weight is 326 g/mol. The highest BCUT2D eigenvalue weighted by atomic mass is 32.1. The van der Waals surface area contributed by atoms with Crippen LogP contribution in [0.3, 0.4) is 0 Å². The number of carboxylic acid groups (broad SMARTS) is 1. The molecule has 3 rings (SSSR count). The quantitative estimate of drug-likeness (QED) is 0.877. The maximum absolute atomic E-state index is 12.6. The minimum absolute atomic E-state index is 0.120. The van der Waals surface area contributed by atoms with E-state index in [-0.39, 0.29) is 11.5 Å². The van der Waals surface area contributed by atoms with Gasteiger partial charge in [0.15, 0.2) is 0 Å². The number of hydrogen-bond donors (Lipinski definition) is 1. The molecular formula is C17H14N2O3S. The minimum atomic E-state index is -1.04. The van der Waals surface area contributed by atoms with Crippen molar-refractivity contribution < 1.29 is 14.7 Å². The summed E-state index contributed by atoms with van der Waals surface area (Å²) in [6.07, 6.45) is 1.84. The van der Waals surface area contributed by atoms with Crippen molar-refractivity contribution in [1.29, 1.82) is 0 Å². The zero-order valence-electron chi connectivity index (χ0n) is 12.6. The molecular weight excluding hydrogens is 312 g/mol. The predicted octanol–water partition coefficient (Wildman–Crippen LogP) is 3.56. The number of nitrogens with zero attached hydrogens (tertiary/aromatic N) is 2. The molecule has 0 unspecified atom stereocenters. The van der Waals surface area contributed by atoms with E-state index in [0.717, 1.165) is 10.4 Å². The van der Waals surface area contributed by atoms with E-state index in [1.807, 2.05) is 24.4 Å². The lowest BCUT2D eigenvalue weighted by Gasteiger charge is -2.12. The van der Waals surface area contributed by atoms with Crippen molar-refractivity contribution in [3.63, 3.8) is 0 Å². The molecule has 1 aliphatic heterocycles. The van der Waals surface area contributed by atoms with E-state index in [1.165, 1.54) is 17.1 Å². The van der Waals surface area contributed by atoms with Crippen LogP contribution in [0.2, 0.25) is 0 Å². The van der Waals surface area contributed by atoms with Gasteiger partial charge in [0.2, 0.25) is 0 Å². The highest BCUT2D eigenvalue weighted by molar-refractivity contribution is 7.11.